The third-order valence-electron chi connectivity index (χ3n) is 2.63. The molecule has 104 valence electrons. The molecule has 0 heterocycles. The van der Waals surface area contributed by atoms with Crippen LogP contribution in [-0.2, 0) is 15.3 Å². The van der Waals surface area contributed by atoms with Gasteiger partial charge in [0.25, 0.3) is 0 Å². The fourth-order valence-corrected chi connectivity index (χ4v) is 2.24. The Morgan fingerprint density at radius 3 is 2.47 bits per heavy atom. The van der Waals surface area contributed by atoms with E-state index in [0.717, 1.165) is 12.8 Å². The van der Waals surface area contributed by atoms with Crippen molar-refractivity contribution in [1.29, 1.82) is 0 Å². The molecule has 0 aliphatic carbocycles. The molecule has 0 N–H and O–H groups in total. The molecule has 0 saturated carbocycles. The summed E-state index contributed by atoms with van der Waals surface area (Å²) in [5.41, 5.74) is 2.61. The Hall–Kier alpha value is -1.19. The van der Waals surface area contributed by atoms with E-state index in [4.69, 9.17) is 4.18 Å². The Kier molecular flexibility index (Phi) is 7.38. The summed E-state index contributed by atoms with van der Waals surface area (Å²) in [5.74, 6) is 0. The second-order valence-corrected chi connectivity index (χ2v) is 5.88. The predicted octanol–water partition coefficient (Wildman–Crippen LogP) is 4.42. The van der Waals surface area contributed by atoms with Gasteiger partial charge >= 0.3 is 0 Å². The molecule has 1 unspecified atom stereocenters. The number of rotatable bonds is 7. The third kappa shape index (κ3) is 7.09. The molecule has 0 amide bonds. The summed E-state index contributed by atoms with van der Waals surface area (Å²) in [6.07, 6.45) is 6.29. The van der Waals surface area contributed by atoms with Crippen molar-refractivity contribution in [2.45, 2.75) is 38.5 Å². The van der Waals surface area contributed by atoms with Gasteiger partial charge in [0.2, 0.25) is 0 Å². The molecule has 1 aromatic carbocycles. The van der Waals surface area contributed by atoms with E-state index < -0.39 is 11.1 Å². The lowest BCUT2D eigenvalue weighted by Crippen LogP contribution is -1.98. The van der Waals surface area contributed by atoms with Crippen molar-refractivity contribution < 1.29 is 8.39 Å². The lowest BCUT2D eigenvalue weighted by molar-refractivity contribution is 0.393. The van der Waals surface area contributed by atoms with Gasteiger partial charge in [-0.1, -0.05) is 41.5 Å². The van der Waals surface area contributed by atoms with Crippen molar-refractivity contribution >= 4 is 11.1 Å². The Balaban J connectivity index is 2.33. The van der Waals surface area contributed by atoms with Crippen LogP contribution in [0.2, 0.25) is 0 Å². The first-order chi connectivity index (χ1) is 9.09. The van der Waals surface area contributed by atoms with Crippen LogP contribution in [0.4, 0.5) is 0 Å². The lowest BCUT2D eigenvalue weighted by Gasteiger charge is -2.02. The summed E-state index contributed by atoms with van der Waals surface area (Å²) in [6, 6.07) is 9.23. The molecule has 19 heavy (non-hydrogen) atoms. The van der Waals surface area contributed by atoms with Gasteiger partial charge in [-0.15, -0.1) is 0 Å². The second kappa shape index (κ2) is 8.83. The Labute approximate surface area is 118 Å². The molecule has 0 aromatic heterocycles. The van der Waals surface area contributed by atoms with E-state index in [1.54, 1.807) is 0 Å². The van der Waals surface area contributed by atoms with Crippen LogP contribution in [0.1, 0.15) is 33.6 Å². The van der Waals surface area contributed by atoms with E-state index in [0.29, 0.717) is 11.5 Å². The largest absolute Gasteiger partial charge is 0.283 e. The normalized spacial score (nSPS) is 13.1. The van der Waals surface area contributed by atoms with E-state index in [1.807, 2.05) is 36.4 Å². The fraction of sp³-hybridized carbons (Fsp3) is 0.375. The van der Waals surface area contributed by atoms with Gasteiger partial charge in [-0.3, -0.25) is 4.18 Å². The zero-order chi connectivity index (χ0) is 14.1. The van der Waals surface area contributed by atoms with Gasteiger partial charge in [-0.05, 0) is 45.7 Å². The van der Waals surface area contributed by atoms with Gasteiger partial charge in [0.1, 0.15) is 0 Å². The molecule has 0 spiro atoms. The summed E-state index contributed by atoms with van der Waals surface area (Å²) < 4.78 is 17.1. The zero-order valence-electron chi connectivity index (χ0n) is 11.9. The van der Waals surface area contributed by atoms with Gasteiger partial charge < -0.3 is 0 Å². The summed E-state index contributed by atoms with van der Waals surface area (Å²) in [6.45, 7) is 6.67. The summed E-state index contributed by atoms with van der Waals surface area (Å²) in [5, 5.41) is 0. The first kappa shape index (κ1) is 15.9. The van der Waals surface area contributed by atoms with Gasteiger partial charge in [0, 0.05) is 0 Å². The van der Waals surface area contributed by atoms with Crippen LogP contribution in [0.15, 0.2) is 58.5 Å². The molecule has 1 atom stereocenters. The van der Waals surface area contributed by atoms with Gasteiger partial charge in [-0.2, -0.15) is 0 Å². The topological polar surface area (TPSA) is 26.3 Å². The van der Waals surface area contributed by atoms with Gasteiger partial charge in [-0.25, -0.2) is 4.21 Å². The molecule has 0 aliphatic heterocycles. The number of allylic oxidation sites excluding steroid dienone is 3. The van der Waals surface area contributed by atoms with Crippen LogP contribution in [0, 0.1) is 0 Å². The maximum absolute atomic E-state index is 11.8. The molecule has 1 aromatic rings. The maximum Gasteiger partial charge on any atom is 0.189 e. The highest BCUT2D eigenvalue weighted by atomic mass is 32.2. The van der Waals surface area contributed by atoms with Crippen LogP contribution in [0.3, 0.4) is 0 Å². The number of benzene rings is 1. The van der Waals surface area contributed by atoms with E-state index in [1.165, 1.54) is 11.1 Å². The van der Waals surface area contributed by atoms with Crippen molar-refractivity contribution in [3.8, 4) is 0 Å². The van der Waals surface area contributed by atoms with Crippen LogP contribution in [-0.4, -0.2) is 10.8 Å². The smallest absolute Gasteiger partial charge is 0.189 e. The molecular weight excluding hydrogens is 256 g/mol. The van der Waals surface area contributed by atoms with E-state index in [-0.39, 0.29) is 0 Å². The van der Waals surface area contributed by atoms with Crippen molar-refractivity contribution in [3.05, 3.63) is 53.6 Å². The third-order valence-corrected chi connectivity index (χ3v) is 3.64. The minimum atomic E-state index is -1.37. The van der Waals surface area contributed by atoms with Crippen LogP contribution in [0.5, 0.6) is 0 Å². The van der Waals surface area contributed by atoms with Crippen LogP contribution < -0.4 is 0 Å². The number of hydrogen-bond acceptors (Lipinski definition) is 2. The van der Waals surface area contributed by atoms with Crippen LogP contribution >= 0.6 is 0 Å². The highest BCUT2D eigenvalue weighted by molar-refractivity contribution is 7.80. The van der Waals surface area contributed by atoms with E-state index >= 15 is 0 Å². The standard InChI is InChI=1S/C16H22O2S/c1-14(2)8-7-9-15(3)12-13-18-19(17)16-10-5-4-6-11-16/h4-6,8,10-12H,7,9,13H2,1-3H3/b15-12+. The fourth-order valence-electron chi connectivity index (χ4n) is 1.53. The second-order valence-electron chi connectivity index (χ2n) is 4.70. The predicted molar refractivity (Wildman–Crippen MR) is 81.2 cm³/mol. The summed E-state index contributed by atoms with van der Waals surface area (Å²) >= 11 is -1.37. The SMILES string of the molecule is CC(C)=CCC/C(C)=C/COS(=O)c1ccccc1. The van der Waals surface area contributed by atoms with Crippen molar-refractivity contribution in [3.63, 3.8) is 0 Å². The zero-order valence-corrected chi connectivity index (χ0v) is 12.7. The monoisotopic (exact) mass is 278 g/mol. The van der Waals surface area contributed by atoms with Gasteiger partial charge in [0.15, 0.2) is 11.1 Å². The molecule has 0 aliphatic rings. The Bertz CT molecular complexity index is 457. The van der Waals surface area contributed by atoms with E-state index in [9.17, 15) is 4.21 Å². The van der Waals surface area contributed by atoms with Crippen LogP contribution in [0.25, 0.3) is 0 Å². The molecule has 2 nitrogen and oxygen atoms in total. The minimum Gasteiger partial charge on any atom is -0.283 e. The first-order valence-corrected chi connectivity index (χ1v) is 7.56. The highest BCUT2D eigenvalue weighted by Gasteiger charge is 2.01. The summed E-state index contributed by atoms with van der Waals surface area (Å²) in [4.78, 5) is 0.707. The highest BCUT2D eigenvalue weighted by Crippen LogP contribution is 2.09. The Morgan fingerprint density at radius 2 is 1.84 bits per heavy atom. The summed E-state index contributed by atoms with van der Waals surface area (Å²) in [7, 11) is 0. The molecule has 0 radical (unpaired) electrons. The number of hydrogen-bond donors (Lipinski definition) is 0. The molecule has 0 bridgehead atoms. The molecule has 0 fully saturated rings. The maximum atomic E-state index is 11.8. The van der Waals surface area contributed by atoms with Crippen molar-refractivity contribution in [1.82, 2.24) is 0 Å². The molecular formula is C16H22O2S. The minimum absolute atomic E-state index is 0.391. The average Bonchev–Trinajstić information content (AvgIpc) is 2.39. The van der Waals surface area contributed by atoms with Crippen molar-refractivity contribution in [2.24, 2.45) is 0 Å². The average molecular weight is 278 g/mol. The quantitative estimate of drug-likeness (QED) is 0.690. The first-order valence-electron chi connectivity index (χ1n) is 6.48. The van der Waals surface area contributed by atoms with E-state index in [2.05, 4.69) is 26.8 Å². The molecule has 0 saturated heterocycles. The molecule has 1 rings (SSSR count). The van der Waals surface area contributed by atoms with Gasteiger partial charge in [0.05, 0.1) is 11.5 Å². The lowest BCUT2D eigenvalue weighted by atomic mass is 10.1. The molecule has 3 heteroatoms. The Morgan fingerprint density at radius 1 is 1.16 bits per heavy atom. The van der Waals surface area contributed by atoms with Crippen molar-refractivity contribution in [2.75, 3.05) is 6.61 Å².